The Hall–Kier alpha value is -1.55. The van der Waals surface area contributed by atoms with Gasteiger partial charge in [0.25, 0.3) is 5.91 Å². The van der Waals surface area contributed by atoms with E-state index < -0.39 is 6.10 Å². The van der Waals surface area contributed by atoms with Crippen molar-refractivity contribution >= 4 is 5.91 Å². The summed E-state index contributed by atoms with van der Waals surface area (Å²) in [6.45, 7) is 7.57. The summed E-state index contributed by atoms with van der Waals surface area (Å²) in [4.78, 5) is 11.8. The molecular weight excluding hydrogens is 242 g/mol. The van der Waals surface area contributed by atoms with E-state index in [1.165, 1.54) is 0 Å². The van der Waals surface area contributed by atoms with Gasteiger partial charge in [0.15, 0.2) is 6.61 Å². The first-order valence-electron chi connectivity index (χ1n) is 6.56. The minimum Gasteiger partial charge on any atom is -0.483 e. The number of hydrogen-bond donors (Lipinski definition) is 2. The van der Waals surface area contributed by atoms with Crippen LogP contribution in [0.4, 0.5) is 0 Å². The van der Waals surface area contributed by atoms with Gasteiger partial charge in [-0.15, -0.1) is 0 Å². The van der Waals surface area contributed by atoms with Gasteiger partial charge in [-0.3, -0.25) is 4.79 Å². The summed E-state index contributed by atoms with van der Waals surface area (Å²) in [7, 11) is 0. The summed E-state index contributed by atoms with van der Waals surface area (Å²) in [6, 6.07) is 7.18. The number of rotatable bonds is 6. The zero-order valence-corrected chi connectivity index (χ0v) is 12.1. The molecule has 0 aliphatic rings. The first-order valence-corrected chi connectivity index (χ1v) is 6.56. The van der Waals surface area contributed by atoms with E-state index in [0.29, 0.717) is 11.3 Å². The largest absolute Gasteiger partial charge is 0.483 e. The maximum atomic E-state index is 11.8. The molecule has 4 heteroatoms. The number of amides is 1. The zero-order chi connectivity index (χ0) is 14.5. The third-order valence-corrected chi connectivity index (χ3v) is 3.09. The summed E-state index contributed by atoms with van der Waals surface area (Å²) >= 11 is 0. The number of carbonyl (C=O) groups excluding carboxylic acids is 1. The van der Waals surface area contributed by atoms with Crippen LogP contribution in [0.3, 0.4) is 0 Å². The number of aliphatic hydroxyl groups excluding tert-OH is 1. The Bertz CT molecular complexity index is 427. The molecule has 0 saturated heterocycles. The Morgan fingerprint density at radius 1 is 1.42 bits per heavy atom. The van der Waals surface area contributed by atoms with Gasteiger partial charge >= 0.3 is 0 Å². The standard InChI is InChI=1S/C15H23NO3/c1-5-15(3,4)16-14(18)10-19-13-9-7-6-8-12(13)11(2)17/h6-9,11,17H,5,10H2,1-4H3,(H,16,18)/t11-/m0/s1. The third kappa shape index (κ3) is 4.91. The van der Waals surface area contributed by atoms with Crippen molar-refractivity contribution in [3.63, 3.8) is 0 Å². The lowest BCUT2D eigenvalue weighted by Crippen LogP contribution is -2.44. The van der Waals surface area contributed by atoms with Crippen LogP contribution in [0, 0.1) is 0 Å². The predicted molar refractivity (Wildman–Crippen MR) is 75.1 cm³/mol. The highest BCUT2D eigenvalue weighted by Crippen LogP contribution is 2.24. The monoisotopic (exact) mass is 265 g/mol. The fourth-order valence-electron chi connectivity index (χ4n) is 1.60. The maximum Gasteiger partial charge on any atom is 0.258 e. The van der Waals surface area contributed by atoms with Crippen molar-refractivity contribution in [2.45, 2.75) is 45.8 Å². The number of para-hydroxylation sites is 1. The van der Waals surface area contributed by atoms with Crippen molar-refractivity contribution < 1.29 is 14.6 Å². The molecule has 0 radical (unpaired) electrons. The van der Waals surface area contributed by atoms with Crippen LogP contribution in [0.25, 0.3) is 0 Å². The van der Waals surface area contributed by atoms with E-state index >= 15 is 0 Å². The van der Waals surface area contributed by atoms with Gasteiger partial charge in [-0.05, 0) is 33.3 Å². The summed E-state index contributed by atoms with van der Waals surface area (Å²) < 4.78 is 5.48. The van der Waals surface area contributed by atoms with Gasteiger partial charge < -0.3 is 15.2 Å². The minimum atomic E-state index is -0.619. The zero-order valence-electron chi connectivity index (χ0n) is 12.1. The molecule has 0 fully saturated rings. The third-order valence-electron chi connectivity index (χ3n) is 3.09. The van der Waals surface area contributed by atoms with Crippen LogP contribution in [-0.2, 0) is 4.79 Å². The Morgan fingerprint density at radius 2 is 2.05 bits per heavy atom. The molecule has 4 nitrogen and oxygen atoms in total. The molecule has 1 aromatic carbocycles. The van der Waals surface area contributed by atoms with Gasteiger partial charge in [0.05, 0.1) is 6.10 Å². The molecule has 0 saturated carbocycles. The van der Waals surface area contributed by atoms with Crippen molar-refractivity contribution in [3.05, 3.63) is 29.8 Å². The quantitative estimate of drug-likeness (QED) is 0.830. The van der Waals surface area contributed by atoms with Crippen LogP contribution in [0.1, 0.15) is 45.8 Å². The van der Waals surface area contributed by atoms with Gasteiger partial charge in [0.1, 0.15) is 5.75 Å². The number of aliphatic hydroxyl groups is 1. The van der Waals surface area contributed by atoms with E-state index in [1.807, 2.05) is 32.9 Å². The maximum absolute atomic E-state index is 11.8. The molecule has 19 heavy (non-hydrogen) atoms. The second-order valence-corrected chi connectivity index (χ2v) is 5.29. The Kier molecular flexibility index (Phi) is 5.36. The van der Waals surface area contributed by atoms with E-state index in [4.69, 9.17) is 4.74 Å². The van der Waals surface area contributed by atoms with Gasteiger partial charge in [-0.25, -0.2) is 0 Å². The van der Waals surface area contributed by atoms with Crippen LogP contribution >= 0.6 is 0 Å². The molecule has 1 amide bonds. The second-order valence-electron chi connectivity index (χ2n) is 5.29. The molecule has 0 heterocycles. The highest BCUT2D eigenvalue weighted by molar-refractivity contribution is 5.78. The molecular formula is C15H23NO3. The van der Waals surface area contributed by atoms with Crippen molar-refractivity contribution in [1.82, 2.24) is 5.32 Å². The van der Waals surface area contributed by atoms with E-state index in [0.717, 1.165) is 6.42 Å². The Labute approximate surface area is 114 Å². The van der Waals surface area contributed by atoms with E-state index in [9.17, 15) is 9.90 Å². The minimum absolute atomic E-state index is 0.0484. The normalized spacial score (nSPS) is 12.9. The smallest absolute Gasteiger partial charge is 0.258 e. The number of carbonyl (C=O) groups is 1. The topological polar surface area (TPSA) is 58.6 Å². The lowest BCUT2D eigenvalue weighted by molar-refractivity contribution is -0.124. The fraction of sp³-hybridized carbons (Fsp3) is 0.533. The summed E-state index contributed by atoms with van der Waals surface area (Å²) in [5.74, 6) is 0.384. The van der Waals surface area contributed by atoms with E-state index in [-0.39, 0.29) is 18.1 Å². The fourth-order valence-corrected chi connectivity index (χ4v) is 1.60. The molecule has 0 unspecified atom stereocenters. The van der Waals surface area contributed by atoms with E-state index in [1.54, 1.807) is 19.1 Å². The van der Waals surface area contributed by atoms with Gasteiger partial charge in [-0.1, -0.05) is 25.1 Å². The number of benzene rings is 1. The van der Waals surface area contributed by atoms with Crippen LogP contribution in [0.2, 0.25) is 0 Å². The molecule has 1 rings (SSSR count). The number of ether oxygens (including phenoxy) is 1. The lowest BCUT2D eigenvalue weighted by atomic mass is 10.0. The molecule has 2 N–H and O–H groups in total. The highest BCUT2D eigenvalue weighted by atomic mass is 16.5. The van der Waals surface area contributed by atoms with Gasteiger partial charge in [0, 0.05) is 11.1 Å². The summed E-state index contributed by atoms with van der Waals surface area (Å²) in [6.07, 6.45) is 0.231. The van der Waals surface area contributed by atoms with Crippen LogP contribution in [-0.4, -0.2) is 23.2 Å². The summed E-state index contributed by atoms with van der Waals surface area (Å²) in [5, 5.41) is 12.5. The molecule has 0 spiro atoms. The molecule has 0 aliphatic carbocycles. The average Bonchev–Trinajstić information content (AvgIpc) is 2.36. The van der Waals surface area contributed by atoms with Crippen molar-refractivity contribution in [2.75, 3.05) is 6.61 Å². The molecule has 0 aromatic heterocycles. The molecule has 1 aromatic rings. The van der Waals surface area contributed by atoms with Gasteiger partial charge in [-0.2, -0.15) is 0 Å². The summed E-state index contributed by atoms with van der Waals surface area (Å²) in [5.41, 5.74) is 0.453. The van der Waals surface area contributed by atoms with Gasteiger partial charge in [0.2, 0.25) is 0 Å². The lowest BCUT2D eigenvalue weighted by Gasteiger charge is -2.24. The number of hydrogen-bond acceptors (Lipinski definition) is 3. The van der Waals surface area contributed by atoms with Crippen molar-refractivity contribution in [3.8, 4) is 5.75 Å². The Balaban J connectivity index is 2.60. The Morgan fingerprint density at radius 3 is 2.63 bits per heavy atom. The second kappa shape index (κ2) is 6.57. The van der Waals surface area contributed by atoms with Crippen molar-refractivity contribution in [2.24, 2.45) is 0 Å². The molecule has 0 bridgehead atoms. The molecule has 106 valence electrons. The average molecular weight is 265 g/mol. The predicted octanol–water partition coefficient (Wildman–Crippen LogP) is 2.42. The van der Waals surface area contributed by atoms with Crippen LogP contribution < -0.4 is 10.1 Å². The first kappa shape index (κ1) is 15.5. The molecule has 0 aliphatic heterocycles. The SMILES string of the molecule is CCC(C)(C)NC(=O)COc1ccccc1[C@H](C)O. The number of nitrogens with one attached hydrogen (secondary N) is 1. The van der Waals surface area contributed by atoms with E-state index in [2.05, 4.69) is 5.32 Å². The first-order chi connectivity index (χ1) is 8.85. The van der Waals surface area contributed by atoms with Crippen LogP contribution in [0.5, 0.6) is 5.75 Å². The van der Waals surface area contributed by atoms with Crippen LogP contribution in [0.15, 0.2) is 24.3 Å². The highest BCUT2D eigenvalue weighted by Gasteiger charge is 2.18. The van der Waals surface area contributed by atoms with Crippen molar-refractivity contribution in [1.29, 1.82) is 0 Å². The molecule has 1 atom stereocenters.